The second-order valence-electron chi connectivity index (χ2n) is 7.14. The summed E-state index contributed by atoms with van der Waals surface area (Å²) in [7, 11) is -4.07. The van der Waals surface area contributed by atoms with Gasteiger partial charge in [0.25, 0.3) is 0 Å². The van der Waals surface area contributed by atoms with Crippen molar-refractivity contribution in [2.45, 2.75) is 37.1 Å². The standard InChI is InChI=1S/C20H21F3N2O4S/c1-13-2-4-14(5-3-13)19(15-6-7-15)25-18(26)12-24-30(27,28)17-10-8-16(9-11-17)29-20(21,22)23/h2-5,8-11,15,19,24H,6-7,12H2,1H3,(H,25,26)/t19-/m0/s1. The van der Waals surface area contributed by atoms with Gasteiger partial charge in [0.15, 0.2) is 0 Å². The molecule has 162 valence electrons. The van der Waals surface area contributed by atoms with E-state index in [1.165, 1.54) is 0 Å². The Morgan fingerprint density at radius 2 is 1.70 bits per heavy atom. The lowest BCUT2D eigenvalue weighted by Gasteiger charge is -2.19. The highest BCUT2D eigenvalue weighted by atomic mass is 32.2. The first-order chi connectivity index (χ1) is 14.0. The largest absolute Gasteiger partial charge is 0.573 e. The molecule has 10 heteroatoms. The number of ether oxygens (including phenoxy) is 1. The minimum atomic E-state index is -4.87. The lowest BCUT2D eigenvalue weighted by molar-refractivity contribution is -0.274. The predicted molar refractivity (Wildman–Crippen MR) is 103 cm³/mol. The van der Waals surface area contributed by atoms with Crippen LogP contribution in [-0.4, -0.2) is 27.2 Å². The van der Waals surface area contributed by atoms with Gasteiger partial charge in [0.1, 0.15) is 5.75 Å². The number of aryl methyl sites for hydroxylation is 1. The highest BCUT2D eigenvalue weighted by Crippen LogP contribution is 2.41. The number of rotatable bonds is 8. The van der Waals surface area contributed by atoms with Crippen LogP contribution >= 0.6 is 0 Å². The molecule has 2 aromatic carbocycles. The average Bonchev–Trinajstić information content (AvgIpc) is 3.50. The van der Waals surface area contributed by atoms with Crippen LogP contribution < -0.4 is 14.8 Å². The Hall–Kier alpha value is -2.59. The van der Waals surface area contributed by atoms with E-state index in [2.05, 4.69) is 14.8 Å². The van der Waals surface area contributed by atoms with Gasteiger partial charge in [-0.3, -0.25) is 4.79 Å². The van der Waals surface area contributed by atoms with E-state index in [1.54, 1.807) is 0 Å². The Balaban J connectivity index is 1.59. The number of hydrogen-bond acceptors (Lipinski definition) is 4. The quantitative estimate of drug-likeness (QED) is 0.656. The Labute approximate surface area is 172 Å². The van der Waals surface area contributed by atoms with E-state index in [4.69, 9.17) is 0 Å². The van der Waals surface area contributed by atoms with Crippen molar-refractivity contribution in [3.05, 3.63) is 59.7 Å². The van der Waals surface area contributed by atoms with Crippen molar-refractivity contribution in [1.82, 2.24) is 10.0 Å². The van der Waals surface area contributed by atoms with Crippen molar-refractivity contribution in [3.63, 3.8) is 0 Å². The predicted octanol–water partition coefficient (Wildman–Crippen LogP) is 3.44. The van der Waals surface area contributed by atoms with E-state index in [-0.39, 0.29) is 10.9 Å². The fraction of sp³-hybridized carbons (Fsp3) is 0.350. The molecule has 1 atom stereocenters. The number of nitrogens with one attached hydrogen (secondary N) is 2. The van der Waals surface area contributed by atoms with E-state index in [9.17, 15) is 26.4 Å². The van der Waals surface area contributed by atoms with Gasteiger partial charge < -0.3 is 10.1 Å². The Bertz CT molecular complexity index is 986. The van der Waals surface area contributed by atoms with Gasteiger partial charge in [0.05, 0.1) is 17.5 Å². The van der Waals surface area contributed by atoms with Gasteiger partial charge in [-0.1, -0.05) is 29.8 Å². The van der Waals surface area contributed by atoms with Crippen LogP contribution in [0.15, 0.2) is 53.4 Å². The van der Waals surface area contributed by atoms with Gasteiger partial charge in [0.2, 0.25) is 15.9 Å². The summed E-state index contributed by atoms with van der Waals surface area (Å²) in [5.74, 6) is -0.716. The summed E-state index contributed by atoms with van der Waals surface area (Å²) in [6.07, 6.45) is -2.90. The summed E-state index contributed by atoms with van der Waals surface area (Å²) in [5, 5.41) is 2.86. The molecule has 3 rings (SSSR count). The fourth-order valence-corrected chi connectivity index (χ4v) is 3.95. The van der Waals surface area contributed by atoms with Gasteiger partial charge in [0, 0.05) is 0 Å². The molecule has 0 unspecified atom stereocenters. The lowest BCUT2D eigenvalue weighted by atomic mass is 10.0. The zero-order valence-corrected chi connectivity index (χ0v) is 16.9. The third-order valence-corrected chi connectivity index (χ3v) is 6.05. The second kappa shape index (κ2) is 8.65. The molecule has 1 amide bonds. The number of amides is 1. The molecule has 2 N–H and O–H groups in total. The normalized spacial score (nSPS) is 15.5. The van der Waals surface area contributed by atoms with Gasteiger partial charge in [-0.2, -0.15) is 0 Å². The molecule has 2 aromatic rings. The van der Waals surface area contributed by atoms with Crippen LogP contribution in [0.1, 0.15) is 30.0 Å². The zero-order valence-electron chi connectivity index (χ0n) is 16.1. The molecule has 0 saturated heterocycles. The minimum Gasteiger partial charge on any atom is -0.406 e. The number of halogens is 3. The van der Waals surface area contributed by atoms with Gasteiger partial charge in [-0.05, 0) is 55.5 Å². The van der Waals surface area contributed by atoms with Crippen LogP contribution in [0.4, 0.5) is 13.2 Å². The first kappa shape index (κ1) is 22.1. The molecule has 1 aliphatic rings. The third-order valence-electron chi connectivity index (χ3n) is 4.64. The van der Waals surface area contributed by atoms with E-state index in [1.807, 2.05) is 31.2 Å². The summed E-state index contributed by atoms with van der Waals surface area (Å²) in [6, 6.07) is 11.3. The van der Waals surface area contributed by atoms with Crippen molar-refractivity contribution in [1.29, 1.82) is 0 Å². The molecule has 1 fully saturated rings. The molecular formula is C20H21F3N2O4S. The van der Waals surface area contributed by atoms with Crippen molar-refractivity contribution >= 4 is 15.9 Å². The molecule has 0 heterocycles. The molecule has 1 aliphatic carbocycles. The molecule has 1 saturated carbocycles. The summed E-state index contributed by atoms with van der Waals surface area (Å²) in [5.41, 5.74) is 2.05. The van der Waals surface area contributed by atoms with Gasteiger partial charge in [-0.15, -0.1) is 13.2 Å². The van der Waals surface area contributed by atoms with Crippen LogP contribution in [-0.2, 0) is 14.8 Å². The highest BCUT2D eigenvalue weighted by Gasteiger charge is 2.33. The minimum absolute atomic E-state index is 0.193. The molecular weight excluding hydrogens is 421 g/mol. The fourth-order valence-electron chi connectivity index (χ4n) is 2.97. The van der Waals surface area contributed by atoms with Crippen LogP contribution in [0.25, 0.3) is 0 Å². The van der Waals surface area contributed by atoms with Crippen LogP contribution in [0.3, 0.4) is 0 Å². The van der Waals surface area contributed by atoms with Crippen molar-refractivity contribution in [2.24, 2.45) is 5.92 Å². The number of alkyl halides is 3. The Morgan fingerprint density at radius 3 is 2.23 bits per heavy atom. The number of benzene rings is 2. The van der Waals surface area contributed by atoms with Crippen LogP contribution in [0, 0.1) is 12.8 Å². The number of carbonyl (C=O) groups is 1. The summed E-state index contributed by atoms with van der Waals surface area (Å²) in [6.45, 7) is 1.48. The summed E-state index contributed by atoms with van der Waals surface area (Å²) in [4.78, 5) is 12.1. The average molecular weight is 442 g/mol. The lowest BCUT2D eigenvalue weighted by Crippen LogP contribution is -2.39. The molecule has 0 aromatic heterocycles. The summed E-state index contributed by atoms with van der Waals surface area (Å²) < 4.78 is 67.1. The second-order valence-corrected chi connectivity index (χ2v) is 8.90. The Kier molecular flexibility index (Phi) is 6.37. The highest BCUT2D eigenvalue weighted by molar-refractivity contribution is 7.89. The molecule has 30 heavy (non-hydrogen) atoms. The number of carbonyl (C=O) groups excluding carboxylic acids is 1. The van der Waals surface area contributed by atoms with Crippen molar-refractivity contribution in [2.75, 3.05) is 6.54 Å². The third kappa shape index (κ3) is 6.20. The smallest absolute Gasteiger partial charge is 0.406 e. The Morgan fingerprint density at radius 1 is 1.10 bits per heavy atom. The molecule has 0 radical (unpaired) electrons. The monoisotopic (exact) mass is 442 g/mol. The molecule has 6 nitrogen and oxygen atoms in total. The van der Waals surface area contributed by atoms with Crippen LogP contribution in [0.2, 0.25) is 0 Å². The topological polar surface area (TPSA) is 84.5 Å². The number of sulfonamides is 1. The zero-order chi connectivity index (χ0) is 21.9. The SMILES string of the molecule is Cc1ccc([C@H](NC(=O)CNS(=O)(=O)c2ccc(OC(F)(F)F)cc2)C2CC2)cc1. The first-order valence-electron chi connectivity index (χ1n) is 9.25. The summed E-state index contributed by atoms with van der Waals surface area (Å²) >= 11 is 0. The first-order valence-corrected chi connectivity index (χ1v) is 10.7. The molecule has 0 spiro atoms. The number of hydrogen-bond donors (Lipinski definition) is 2. The molecule has 0 aliphatic heterocycles. The van der Waals surface area contributed by atoms with Crippen LogP contribution in [0.5, 0.6) is 5.75 Å². The van der Waals surface area contributed by atoms with Crippen molar-refractivity contribution < 1.29 is 31.1 Å². The van der Waals surface area contributed by atoms with Gasteiger partial charge >= 0.3 is 6.36 Å². The van der Waals surface area contributed by atoms with E-state index < -0.39 is 34.6 Å². The van der Waals surface area contributed by atoms with E-state index in [0.717, 1.165) is 48.2 Å². The maximum Gasteiger partial charge on any atom is 0.573 e. The maximum absolute atomic E-state index is 12.3. The maximum atomic E-state index is 12.3. The van der Waals surface area contributed by atoms with E-state index in [0.29, 0.717) is 5.92 Å². The molecule has 0 bridgehead atoms. The van der Waals surface area contributed by atoms with Crippen molar-refractivity contribution in [3.8, 4) is 5.75 Å². The van der Waals surface area contributed by atoms with Gasteiger partial charge in [-0.25, -0.2) is 13.1 Å². The van der Waals surface area contributed by atoms with E-state index >= 15 is 0 Å².